The zero-order chi connectivity index (χ0) is 20.7. The average molecular weight is 382 g/mol. The minimum Gasteiger partial charge on any atom is -0.478 e. The Labute approximate surface area is 163 Å². The summed E-state index contributed by atoms with van der Waals surface area (Å²) in [6.07, 6.45) is -1.80. The molecule has 0 aliphatic carbocycles. The molecule has 28 heavy (non-hydrogen) atoms. The number of aliphatic carboxylic acids is 1. The van der Waals surface area contributed by atoms with Crippen molar-refractivity contribution in [3.8, 4) is 11.8 Å². The van der Waals surface area contributed by atoms with E-state index < -0.39 is 23.6 Å². The predicted octanol–water partition coefficient (Wildman–Crippen LogP) is 4.19. The Hall–Kier alpha value is -3.53. The summed E-state index contributed by atoms with van der Waals surface area (Å²) in [5, 5.41) is 21.3. The quantitative estimate of drug-likeness (QED) is 0.775. The van der Waals surface area contributed by atoms with E-state index in [9.17, 15) is 20.0 Å². The fourth-order valence-electron chi connectivity index (χ4n) is 2.40. The smallest absolute Gasteiger partial charge is 0.411 e. The van der Waals surface area contributed by atoms with E-state index in [1.165, 1.54) is 18.2 Å². The molecule has 0 fully saturated rings. The first-order valence-electron chi connectivity index (χ1n) is 8.62. The molecule has 0 radical (unpaired) electrons. The number of rotatable bonds is 6. The highest BCUT2D eigenvalue weighted by atomic mass is 16.5. The van der Waals surface area contributed by atoms with Gasteiger partial charge in [0.25, 0.3) is 0 Å². The van der Waals surface area contributed by atoms with Gasteiger partial charge < -0.3 is 14.6 Å². The van der Waals surface area contributed by atoms with Gasteiger partial charge in [-0.3, -0.25) is 5.32 Å². The zero-order valence-electron chi connectivity index (χ0n) is 15.9. The molecule has 7 heteroatoms. The summed E-state index contributed by atoms with van der Waals surface area (Å²) >= 11 is 0. The van der Waals surface area contributed by atoms with Gasteiger partial charge in [-0.05, 0) is 23.8 Å². The lowest BCUT2D eigenvalue weighted by molar-refractivity contribution is -0.150. The normalized spacial score (nSPS) is 11.8. The molecule has 1 unspecified atom stereocenters. The first-order chi connectivity index (χ1) is 13.2. The van der Waals surface area contributed by atoms with Crippen molar-refractivity contribution in [3.05, 3.63) is 59.7 Å². The highest BCUT2D eigenvalue weighted by molar-refractivity contribution is 5.85. The SMILES string of the molecule is CC(C)(C)C(Oc1ccc(NC(=O)OCc2ccccc2)cc1C#N)C(=O)O. The molecule has 0 bridgehead atoms. The Morgan fingerprint density at radius 3 is 2.43 bits per heavy atom. The molecule has 1 atom stereocenters. The zero-order valence-corrected chi connectivity index (χ0v) is 15.9. The van der Waals surface area contributed by atoms with E-state index in [1.807, 2.05) is 36.4 Å². The minimum atomic E-state index is -1.13. The second kappa shape index (κ2) is 8.91. The van der Waals surface area contributed by atoms with Crippen LogP contribution in [0.2, 0.25) is 0 Å². The molecule has 0 spiro atoms. The van der Waals surface area contributed by atoms with E-state index >= 15 is 0 Å². The minimum absolute atomic E-state index is 0.108. The number of hydrogen-bond donors (Lipinski definition) is 2. The van der Waals surface area contributed by atoms with Crippen molar-refractivity contribution >= 4 is 17.7 Å². The Bertz CT molecular complexity index is 882. The van der Waals surface area contributed by atoms with Crippen LogP contribution in [-0.4, -0.2) is 23.3 Å². The number of nitrogens with one attached hydrogen (secondary N) is 1. The van der Waals surface area contributed by atoms with Gasteiger partial charge in [0, 0.05) is 11.1 Å². The number of amides is 1. The second-order valence-corrected chi connectivity index (χ2v) is 7.21. The third kappa shape index (κ3) is 5.74. The number of ether oxygens (including phenoxy) is 2. The summed E-state index contributed by atoms with van der Waals surface area (Å²) < 4.78 is 10.7. The second-order valence-electron chi connectivity index (χ2n) is 7.21. The number of nitrogens with zero attached hydrogens (tertiary/aromatic N) is 1. The van der Waals surface area contributed by atoms with Crippen LogP contribution < -0.4 is 10.1 Å². The number of carboxylic acid groups (broad SMARTS) is 1. The molecular formula is C21H22N2O5. The maximum atomic E-state index is 11.9. The topological polar surface area (TPSA) is 109 Å². The fourth-order valence-corrected chi connectivity index (χ4v) is 2.40. The maximum absolute atomic E-state index is 11.9. The molecule has 0 saturated heterocycles. The van der Waals surface area contributed by atoms with Crippen LogP contribution in [0.4, 0.5) is 10.5 Å². The molecule has 0 aliphatic heterocycles. The molecule has 0 aromatic heterocycles. The first kappa shape index (κ1) is 20.8. The fraction of sp³-hybridized carbons (Fsp3) is 0.286. The van der Waals surface area contributed by atoms with Gasteiger partial charge in [0.05, 0.1) is 5.56 Å². The van der Waals surface area contributed by atoms with Gasteiger partial charge >= 0.3 is 12.1 Å². The monoisotopic (exact) mass is 382 g/mol. The van der Waals surface area contributed by atoms with E-state index in [-0.39, 0.29) is 17.9 Å². The highest BCUT2D eigenvalue weighted by Crippen LogP contribution is 2.29. The summed E-state index contributed by atoms with van der Waals surface area (Å²) in [5.74, 6) is -0.990. The number of benzene rings is 2. The van der Waals surface area contributed by atoms with Crippen LogP contribution in [0.3, 0.4) is 0 Å². The molecule has 1 amide bonds. The molecule has 0 saturated carbocycles. The van der Waals surface area contributed by atoms with Crippen molar-refractivity contribution in [2.24, 2.45) is 5.41 Å². The molecule has 7 nitrogen and oxygen atoms in total. The number of carbonyl (C=O) groups is 2. The molecule has 0 aliphatic rings. The lowest BCUT2D eigenvalue weighted by atomic mass is 9.89. The Morgan fingerprint density at radius 2 is 1.86 bits per heavy atom. The molecule has 146 valence electrons. The van der Waals surface area contributed by atoms with Crippen LogP contribution in [0.15, 0.2) is 48.5 Å². The van der Waals surface area contributed by atoms with Crippen LogP contribution in [-0.2, 0) is 16.1 Å². The van der Waals surface area contributed by atoms with Gasteiger partial charge in [0.2, 0.25) is 0 Å². The summed E-state index contributed by atoms with van der Waals surface area (Å²) in [6.45, 7) is 5.31. The van der Waals surface area contributed by atoms with Gasteiger partial charge in [-0.25, -0.2) is 9.59 Å². The average Bonchev–Trinajstić information content (AvgIpc) is 2.64. The molecule has 2 rings (SSSR count). The van der Waals surface area contributed by atoms with Gasteiger partial charge in [-0.1, -0.05) is 51.1 Å². The molecule has 0 heterocycles. The van der Waals surface area contributed by atoms with Crippen molar-refractivity contribution < 1.29 is 24.2 Å². The van der Waals surface area contributed by atoms with Crippen molar-refractivity contribution in [2.45, 2.75) is 33.5 Å². The van der Waals surface area contributed by atoms with Gasteiger partial charge in [-0.15, -0.1) is 0 Å². The lowest BCUT2D eigenvalue weighted by Crippen LogP contribution is -2.39. The van der Waals surface area contributed by atoms with Crippen molar-refractivity contribution in [3.63, 3.8) is 0 Å². The van der Waals surface area contributed by atoms with Gasteiger partial charge in [0.15, 0.2) is 6.10 Å². The number of anilines is 1. The molecular weight excluding hydrogens is 360 g/mol. The van der Waals surface area contributed by atoms with E-state index in [2.05, 4.69) is 5.32 Å². The maximum Gasteiger partial charge on any atom is 0.411 e. The molecule has 2 aromatic carbocycles. The predicted molar refractivity (Wildman–Crippen MR) is 103 cm³/mol. The standard InChI is InChI=1S/C21H22N2O5/c1-21(2,3)18(19(24)25)28-17-10-9-16(11-15(17)12-22)23-20(26)27-13-14-7-5-4-6-8-14/h4-11,18H,13H2,1-3H3,(H,23,26)(H,24,25). The van der Waals surface area contributed by atoms with Gasteiger partial charge in [-0.2, -0.15) is 5.26 Å². The summed E-state index contributed by atoms with van der Waals surface area (Å²) in [6, 6.07) is 15.5. The third-order valence-corrected chi connectivity index (χ3v) is 3.81. The number of carbonyl (C=O) groups excluding carboxylic acids is 1. The van der Waals surface area contributed by atoms with Crippen LogP contribution in [0.25, 0.3) is 0 Å². The van der Waals surface area contributed by atoms with Crippen LogP contribution in [0, 0.1) is 16.7 Å². The first-order valence-corrected chi connectivity index (χ1v) is 8.62. The lowest BCUT2D eigenvalue weighted by Gasteiger charge is -2.27. The Balaban J connectivity index is 2.07. The highest BCUT2D eigenvalue weighted by Gasteiger charge is 2.34. The van der Waals surface area contributed by atoms with E-state index in [1.54, 1.807) is 20.8 Å². The molecule has 2 aromatic rings. The van der Waals surface area contributed by atoms with Crippen LogP contribution >= 0.6 is 0 Å². The number of nitriles is 1. The van der Waals surface area contributed by atoms with E-state index in [0.29, 0.717) is 5.69 Å². The number of hydrogen-bond acceptors (Lipinski definition) is 5. The molecule has 2 N–H and O–H groups in total. The van der Waals surface area contributed by atoms with Gasteiger partial charge in [0.1, 0.15) is 18.4 Å². The van der Waals surface area contributed by atoms with E-state index in [0.717, 1.165) is 5.56 Å². The summed E-state index contributed by atoms with van der Waals surface area (Å²) in [5.41, 5.74) is 0.624. The third-order valence-electron chi connectivity index (χ3n) is 3.81. The van der Waals surface area contributed by atoms with Crippen LogP contribution in [0.1, 0.15) is 31.9 Å². The van der Waals surface area contributed by atoms with Crippen molar-refractivity contribution in [1.29, 1.82) is 5.26 Å². The number of carboxylic acids is 1. The Morgan fingerprint density at radius 1 is 1.18 bits per heavy atom. The summed E-state index contributed by atoms with van der Waals surface area (Å²) in [4.78, 5) is 23.4. The Kier molecular flexibility index (Phi) is 6.61. The van der Waals surface area contributed by atoms with Crippen LogP contribution in [0.5, 0.6) is 5.75 Å². The largest absolute Gasteiger partial charge is 0.478 e. The van der Waals surface area contributed by atoms with E-state index in [4.69, 9.17) is 9.47 Å². The van der Waals surface area contributed by atoms with Crippen molar-refractivity contribution in [1.82, 2.24) is 0 Å². The summed E-state index contributed by atoms with van der Waals surface area (Å²) in [7, 11) is 0. The van der Waals surface area contributed by atoms with Crippen molar-refractivity contribution in [2.75, 3.05) is 5.32 Å².